The molecule has 0 bridgehead atoms. The highest BCUT2D eigenvalue weighted by Gasteiger charge is 2.19. The number of ether oxygens (including phenoxy) is 2. The summed E-state index contributed by atoms with van der Waals surface area (Å²) in [6.45, 7) is 2.40. The summed E-state index contributed by atoms with van der Waals surface area (Å²) >= 11 is 0. The number of rotatable bonds is 11. The first-order chi connectivity index (χ1) is 14.9. The Morgan fingerprint density at radius 1 is 1.00 bits per heavy atom. The number of carbonyl (C=O) groups is 3. The van der Waals surface area contributed by atoms with Gasteiger partial charge in [0.05, 0.1) is 20.2 Å². The smallest absolute Gasteiger partial charge is 0.254 e. The fourth-order valence-corrected chi connectivity index (χ4v) is 2.84. The molecule has 0 atom stereocenters. The summed E-state index contributed by atoms with van der Waals surface area (Å²) in [7, 11) is 3.10. The first-order valence-corrected chi connectivity index (χ1v) is 9.98. The number of aryl methyl sites for hydroxylation is 1. The Balaban J connectivity index is 1.94. The van der Waals surface area contributed by atoms with Crippen LogP contribution in [-0.4, -0.2) is 63.1 Å². The van der Waals surface area contributed by atoms with E-state index >= 15 is 0 Å². The molecule has 0 unspecified atom stereocenters. The van der Waals surface area contributed by atoms with Crippen LogP contribution in [0.1, 0.15) is 22.3 Å². The Labute approximate surface area is 182 Å². The van der Waals surface area contributed by atoms with Gasteiger partial charge < -0.3 is 25.0 Å². The van der Waals surface area contributed by atoms with E-state index in [9.17, 15) is 14.4 Å². The monoisotopic (exact) mass is 427 g/mol. The number of methoxy groups -OCH3 is 2. The number of nitrogens with one attached hydrogen (secondary N) is 2. The molecule has 3 amide bonds. The van der Waals surface area contributed by atoms with E-state index < -0.39 is 5.91 Å². The van der Waals surface area contributed by atoms with Gasteiger partial charge in [0.25, 0.3) is 5.91 Å². The molecule has 2 aromatic rings. The van der Waals surface area contributed by atoms with Crippen molar-refractivity contribution in [3.63, 3.8) is 0 Å². The molecule has 166 valence electrons. The van der Waals surface area contributed by atoms with Crippen LogP contribution in [0.5, 0.6) is 5.75 Å². The van der Waals surface area contributed by atoms with Crippen molar-refractivity contribution in [2.24, 2.45) is 0 Å². The van der Waals surface area contributed by atoms with Gasteiger partial charge in [-0.25, -0.2) is 0 Å². The molecule has 0 aliphatic carbocycles. The molecule has 8 nitrogen and oxygen atoms in total. The fourth-order valence-electron chi connectivity index (χ4n) is 2.84. The molecule has 2 aromatic carbocycles. The van der Waals surface area contributed by atoms with Gasteiger partial charge in [0.15, 0.2) is 0 Å². The molecule has 0 aliphatic heterocycles. The fraction of sp³-hybridized carbons (Fsp3) is 0.348. The lowest BCUT2D eigenvalue weighted by Crippen LogP contribution is -2.43. The van der Waals surface area contributed by atoms with Crippen molar-refractivity contribution in [2.75, 3.05) is 45.8 Å². The average molecular weight is 428 g/mol. The van der Waals surface area contributed by atoms with Crippen LogP contribution in [0.2, 0.25) is 0 Å². The van der Waals surface area contributed by atoms with E-state index in [0.717, 1.165) is 5.56 Å². The molecule has 0 saturated heterocycles. The zero-order valence-corrected chi connectivity index (χ0v) is 18.1. The highest BCUT2D eigenvalue weighted by molar-refractivity contribution is 5.98. The van der Waals surface area contributed by atoms with Gasteiger partial charge in [-0.3, -0.25) is 14.4 Å². The molecule has 0 spiro atoms. The third kappa shape index (κ3) is 8.10. The van der Waals surface area contributed by atoms with Crippen molar-refractivity contribution in [2.45, 2.75) is 13.3 Å². The van der Waals surface area contributed by atoms with Gasteiger partial charge in [-0.2, -0.15) is 0 Å². The second-order valence-corrected chi connectivity index (χ2v) is 7.00. The van der Waals surface area contributed by atoms with Crippen molar-refractivity contribution in [3.05, 3.63) is 59.7 Å². The standard InChI is InChI=1S/C23H29N3O5/c1-17-8-10-19(11-9-17)25-21(27)15-24-22(28)16-26(12-5-13-30-2)23(29)18-6-4-7-20(14-18)31-3/h4,6-11,14H,5,12-13,15-16H2,1-3H3,(H,24,28)(H,25,27). The van der Waals surface area contributed by atoms with Crippen LogP contribution in [0.3, 0.4) is 0 Å². The SMILES string of the molecule is COCCCN(CC(=O)NCC(=O)Nc1ccc(C)cc1)C(=O)c1cccc(OC)c1. The van der Waals surface area contributed by atoms with Crippen LogP contribution < -0.4 is 15.4 Å². The summed E-state index contributed by atoms with van der Waals surface area (Å²) in [4.78, 5) is 38.8. The highest BCUT2D eigenvalue weighted by Crippen LogP contribution is 2.15. The van der Waals surface area contributed by atoms with Crippen molar-refractivity contribution < 1.29 is 23.9 Å². The van der Waals surface area contributed by atoms with Crippen LogP contribution in [0, 0.1) is 6.92 Å². The van der Waals surface area contributed by atoms with Gasteiger partial charge in [-0.05, 0) is 43.7 Å². The first-order valence-electron chi connectivity index (χ1n) is 9.98. The number of hydrogen-bond acceptors (Lipinski definition) is 5. The van der Waals surface area contributed by atoms with Gasteiger partial charge in [0.1, 0.15) is 5.75 Å². The van der Waals surface area contributed by atoms with Gasteiger partial charge in [0, 0.05) is 31.5 Å². The Morgan fingerprint density at radius 3 is 2.42 bits per heavy atom. The lowest BCUT2D eigenvalue weighted by atomic mass is 10.2. The van der Waals surface area contributed by atoms with E-state index in [1.165, 1.54) is 12.0 Å². The molecular weight excluding hydrogens is 398 g/mol. The number of benzene rings is 2. The Kier molecular flexibility index (Phi) is 9.51. The molecule has 0 fully saturated rings. The van der Waals surface area contributed by atoms with E-state index in [1.54, 1.807) is 43.5 Å². The summed E-state index contributed by atoms with van der Waals surface area (Å²) in [5, 5.41) is 5.28. The van der Waals surface area contributed by atoms with E-state index in [1.807, 2.05) is 19.1 Å². The zero-order valence-electron chi connectivity index (χ0n) is 18.1. The minimum Gasteiger partial charge on any atom is -0.497 e. The van der Waals surface area contributed by atoms with Gasteiger partial charge in [-0.1, -0.05) is 23.8 Å². The molecule has 8 heteroatoms. The van der Waals surface area contributed by atoms with Crippen molar-refractivity contribution in [3.8, 4) is 5.75 Å². The quantitative estimate of drug-likeness (QED) is 0.536. The summed E-state index contributed by atoms with van der Waals surface area (Å²) in [5.74, 6) is -0.510. The van der Waals surface area contributed by atoms with E-state index in [0.29, 0.717) is 36.6 Å². The minimum absolute atomic E-state index is 0.169. The molecule has 2 N–H and O–H groups in total. The molecular formula is C23H29N3O5. The van der Waals surface area contributed by atoms with E-state index in [-0.39, 0.29) is 24.9 Å². The molecule has 0 aromatic heterocycles. The Bertz CT molecular complexity index is 883. The van der Waals surface area contributed by atoms with Crippen molar-refractivity contribution in [1.29, 1.82) is 0 Å². The van der Waals surface area contributed by atoms with Crippen LogP contribution in [0.4, 0.5) is 5.69 Å². The molecule has 0 saturated carbocycles. The van der Waals surface area contributed by atoms with Crippen LogP contribution >= 0.6 is 0 Å². The largest absolute Gasteiger partial charge is 0.497 e. The molecule has 2 rings (SSSR count). The maximum Gasteiger partial charge on any atom is 0.254 e. The number of anilines is 1. The number of amides is 3. The third-order valence-corrected chi connectivity index (χ3v) is 4.50. The van der Waals surface area contributed by atoms with E-state index in [2.05, 4.69) is 10.6 Å². The summed E-state index contributed by atoms with van der Waals surface area (Å²) in [6, 6.07) is 14.1. The molecule has 0 aliphatic rings. The lowest BCUT2D eigenvalue weighted by Gasteiger charge is -2.22. The minimum atomic E-state index is -0.423. The second-order valence-electron chi connectivity index (χ2n) is 7.00. The maximum atomic E-state index is 12.9. The summed E-state index contributed by atoms with van der Waals surface area (Å²) < 4.78 is 10.2. The lowest BCUT2D eigenvalue weighted by molar-refractivity contribution is -0.124. The van der Waals surface area contributed by atoms with E-state index in [4.69, 9.17) is 9.47 Å². The summed E-state index contributed by atoms with van der Waals surface area (Å²) in [5.41, 5.74) is 2.15. The molecule has 0 radical (unpaired) electrons. The molecule has 31 heavy (non-hydrogen) atoms. The Hall–Kier alpha value is -3.39. The highest BCUT2D eigenvalue weighted by atomic mass is 16.5. The average Bonchev–Trinajstić information content (AvgIpc) is 2.78. The first kappa shape index (κ1) is 23.9. The van der Waals surface area contributed by atoms with Gasteiger partial charge >= 0.3 is 0 Å². The topological polar surface area (TPSA) is 97.0 Å². The van der Waals surface area contributed by atoms with Crippen molar-refractivity contribution in [1.82, 2.24) is 10.2 Å². The second kappa shape index (κ2) is 12.3. The van der Waals surface area contributed by atoms with Gasteiger partial charge in [-0.15, -0.1) is 0 Å². The predicted octanol–water partition coefficient (Wildman–Crippen LogP) is 2.24. The Morgan fingerprint density at radius 2 is 1.74 bits per heavy atom. The normalized spacial score (nSPS) is 10.3. The number of carbonyl (C=O) groups excluding carboxylic acids is 3. The third-order valence-electron chi connectivity index (χ3n) is 4.50. The van der Waals surface area contributed by atoms with Crippen LogP contribution in [0.25, 0.3) is 0 Å². The zero-order chi connectivity index (χ0) is 22.6. The van der Waals surface area contributed by atoms with Crippen molar-refractivity contribution >= 4 is 23.4 Å². The molecule has 0 heterocycles. The van der Waals surface area contributed by atoms with Crippen LogP contribution in [0.15, 0.2) is 48.5 Å². The van der Waals surface area contributed by atoms with Gasteiger partial charge in [0.2, 0.25) is 11.8 Å². The number of nitrogens with zero attached hydrogens (tertiary/aromatic N) is 1. The van der Waals surface area contributed by atoms with Crippen LogP contribution in [-0.2, 0) is 14.3 Å². The summed E-state index contributed by atoms with van der Waals surface area (Å²) in [6.07, 6.45) is 0.577. The maximum absolute atomic E-state index is 12.9. The number of hydrogen-bond donors (Lipinski definition) is 2. The predicted molar refractivity (Wildman–Crippen MR) is 118 cm³/mol.